The Labute approximate surface area is 111 Å². The molecule has 0 aliphatic heterocycles. The Morgan fingerprint density at radius 3 is 2.53 bits per heavy atom. The monoisotopic (exact) mass is 263 g/mol. The zero-order chi connectivity index (χ0) is 13.7. The molecule has 0 saturated heterocycles. The highest BCUT2D eigenvalue weighted by molar-refractivity contribution is 5.30. The Morgan fingerprint density at radius 2 is 1.79 bits per heavy atom. The maximum absolute atomic E-state index is 13.4. The van der Waals surface area contributed by atoms with E-state index in [1.807, 2.05) is 0 Å². The van der Waals surface area contributed by atoms with Gasteiger partial charge in [0.15, 0.2) is 0 Å². The summed E-state index contributed by atoms with van der Waals surface area (Å²) in [6.45, 7) is 0.772. The molecule has 0 aliphatic carbocycles. The van der Waals surface area contributed by atoms with Crippen LogP contribution in [0.25, 0.3) is 0 Å². The van der Waals surface area contributed by atoms with Crippen molar-refractivity contribution in [2.24, 2.45) is 0 Å². The molecular weight excluding hydrogens is 248 g/mol. The molecule has 1 N–H and O–H groups in total. The largest absolute Gasteiger partial charge is 0.489 e. The summed E-state index contributed by atoms with van der Waals surface area (Å²) in [4.78, 5) is 0. The van der Waals surface area contributed by atoms with Crippen LogP contribution in [0.4, 0.5) is 8.78 Å². The Hall–Kier alpha value is -1.94. The number of halogens is 2. The average molecular weight is 263 g/mol. The van der Waals surface area contributed by atoms with Crippen molar-refractivity contribution in [2.45, 2.75) is 13.2 Å². The van der Waals surface area contributed by atoms with Crippen molar-refractivity contribution in [3.63, 3.8) is 0 Å². The molecule has 2 rings (SSSR count). The Balaban J connectivity index is 2.06. The second kappa shape index (κ2) is 6.29. The molecule has 19 heavy (non-hydrogen) atoms. The number of benzene rings is 2. The van der Waals surface area contributed by atoms with E-state index in [0.29, 0.717) is 17.9 Å². The van der Waals surface area contributed by atoms with Crippen LogP contribution in [0.1, 0.15) is 11.1 Å². The molecule has 0 fully saturated rings. The quantitative estimate of drug-likeness (QED) is 0.894. The molecule has 2 aromatic carbocycles. The van der Waals surface area contributed by atoms with Crippen LogP contribution in [0.2, 0.25) is 0 Å². The fourth-order valence-electron chi connectivity index (χ4n) is 1.80. The van der Waals surface area contributed by atoms with Crippen LogP contribution in [0.15, 0.2) is 42.5 Å². The molecule has 0 spiro atoms. The van der Waals surface area contributed by atoms with E-state index < -0.39 is 0 Å². The van der Waals surface area contributed by atoms with Gasteiger partial charge in [0.25, 0.3) is 0 Å². The van der Waals surface area contributed by atoms with Crippen LogP contribution >= 0.6 is 0 Å². The first kappa shape index (κ1) is 13.5. The van der Waals surface area contributed by atoms with Crippen molar-refractivity contribution in [3.05, 3.63) is 65.2 Å². The second-order valence-electron chi connectivity index (χ2n) is 4.24. The molecule has 0 aliphatic rings. The van der Waals surface area contributed by atoms with E-state index in [1.54, 1.807) is 25.2 Å². The highest BCUT2D eigenvalue weighted by Gasteiger charge is 2.02. The van der Waals surface area contributed by atoms with Gasteiger partial charge >= 0.3 is 0 Å². The minimum absolute atomic E-state index is 0.209. The molecule has 0 amide bonds. The highest BCUT2D eigenvalue weighted by atomic mass is 19.1. The minimum atomic E-state index is -0.345. The van der Waals surface area contributed by atoms with Crippen molar-refractivity contribution < 1.29 is 13.5 Å². The van der Waals surface area contributed by atoms with Gasteiger partial charge in [0.2, 0.25) is 0 Å². The van der Waals surface area contributed by atoms with Gasteiger partial charge in [0.1, 0.15) is 24.0 Å². The average Bonchev–Trinajstić information content (AvgIpc) is 2.36. The lowest BCUT2D eigenvalue weighted by atomic mass is 10.2. The van der Waals surface area contributed by atoms with E-state index >= 15 is 0 Å². The van der Waals surface area contributed by atoms with Crippen LogP contribution in [0.5, 0.6) is 5.75 Å². The summed E-state index contributed by atoms with van der Waals surface area (Å²) in [6, 6.07) is 10.7. The van der Waals surface area contributed by atoms with Gasteiger partial charge in [0.05, 0.1) is 0 Å². The van der Waals surface area contributed by atoms with Gasteiger partial charge in [0, 0.05) is 12.6 Å². The van der Waals surface area contributed by atoms with E-state index in [0.717, 1.165) is 5.56 Å². The summed E-state index contributed by atoms with van der Waals surface area (Å²) in [5, 5.41) is 2.95. The smallest absolute Gasteiger partial charge is 0.127 e. The molecule has 0 heterocycles. The lowest BCUT2D eigenvalue weighted by Gasteiger charge is -2.09. The van der Waals surface area contributed by atoms with Crippen molar-refractivity contribution in [3.8, 4) is 5.75 Å². The molecule has 0 saturated carbocycles. The number of hydrogen-bond donors (Lipinski definition) is 1. The number of ether oxygens (including phenoxy) is 1. The predicted octanol–water partition coefficient (Wildman–Crippen LogP) is 3.26. The summed E-state index contributed by atoms with van der Waals surface area (Å²) in [6.07, 6.45) is 0. The molecule has 0 unspecified atom stereocenters. The Morgan fingerprint density at radius 1 is 1.00 bits per heavy atom. The van der Waals surface area contributed by atoms with Crippen LogP contribution in [-0.2, 0) is 13.2 Å². The van der Waals surface area contributed by atoms with Crippen molar-refractivity contribution in [1.29, 1.82) is 0 Å². The van der Waals surface area contributed by atoms with Gasteiger partial charge in [-0.3, -0.25) is 0 Å². The fraction of sp³-hybridized carbons (Fsp3) is 0.200. The summed E-state index contributed by atoms with van der Waals surface area (Å²) in [5.41, 5.74) is 1.51. The minimum Gasteiger partial charge on any atom is -0.489 e. The normalized spacial score (nSPS) is 10.5. The Bertz CT molecular complexity index is 558. The maximum atomic E-state index is 13.4. The third kappa shape index (κ3) is 4.03. The first-order valence-corrected chi connectivity index (χ1v) is 5.98. The topological polar surface area (TPSA) is 21.3 Å². The molecule has 0 atom stereocenters. The predicted molar refractivity (Wildman–Crippen MR) is 69.9 cm³/mol. The SMILES string of the molecule is CNCc1cc(F)cc(OCc2cccc(F)c2)c1. The van der Waals surface area contributed by atoms with Crippen LogP contribution in [-0.4, -0.2) is 7.05 Å². The van der Waals surface area contributed by atoms with Gasteiger partial charge in [-0.2, -0.15) is 0 Å². The van der Waals surface area contributed by atoms with Crippen molar-refractivity contribution in [1.82, 2.24) is 5.32 Å². The molecule has 2 nitrogen and oxygen atoms in total. The molecule has 0 aromatic heterocycles. The lowest BCUT2D eigenvalue weighted by molar-refractivity contribution is 0.303. The summed E-state index contributed by atoms with van der Waals surface area (Å²) >= 11 is 0. The molecule has 100 valence electrons. The second-order valence-corrected chi connectivity index (χ2v) is 4.24. The number of hydrogen-bond acceptors (Lipinski definition) is 2. The molecule has 2 aromatic rings. The van der Waals surface area contributed by atoms with Crippen LogP contribution in [0.3, 0.4) is 0 Å². The van der Waals surface area contributed by atoms with E-state index in [4.69, 9.17) is 4.74 Å². The van der Waals surface area contributed by atoms with Crippen LogP contribution in [0, 0.1) is 11.6 Å². The van der Waals surface area contributed by atoms with Crippen molar-refractivity contribution in [2.75, 3.05) is 7.05 Å². The summed E-state index contributed by atoms with van der Waals surface area (Å²) in [7, 11) is 1.79. The summed E-state index contributed by atoms with van der Waals surface area (Å²) in [5.74, 6) is -0.215. The third-order valence-corrected chi connectivity index (χ3v) is 2.61. The van der Waals surface area contributed by atoms with E-state index in [9.17, 15) is 8.78 Å². The van der Waals surface area contributed by atoms with E-state index in [1.165, 1.54) is 24.3 Å². The molecule has 4 heteroatoms. The van der Waals surface area contributed by atoms with Gasteiger partial charge < -0.3 is 10.1 Å². The zero-order valence-corrected chi connectivity index (χ0v) is 10.6. The number of nitrogens with one attached hydrogen (secondary N) is 1. The number of rotatable bonds is 5. The fourth-order valence-corrected chi connectivity index (χ4v) is 1.80. The molecule has 0 radical (unpaired) electrons. The molecule has 0 bridgehead atoms. The van der Waals surface area contributed by atoms with Gasteiger partial charge in [-0.1, -0.05) is 12.1 Å². The van der Waals surface area contributed by atoms with Crippen LogP contribution < -0.4 is 10.1 Å². The first-order valence-electron chi connectivity index (χ1n) is 5.98. The van der Waals surface area contributed by atoms with Gasteiger partial charge in [-0.15, -0.1) is 0 Å². The van der Waals surface area contributed by atoms with E-state index in [2.05, 4.69) is 5.32 Å². The zero-order valence-electron chi connectivity index (χ0n) is 10.6. The van der Waals surface area contributed by atoms with E-state index in [-0.39, 0.29) is 18.2 Å². The van der Waals surface area contributed by atoms with Gasteiger partial charge in [-0.25, -0.2) is 8.78 Å². The summed E-state index contributed by atoms with van der Waals surface area (Å²) < 4.78 is 31.9. The standard InChI is InChI=1S/C15H15F2NO/c1-18-9-12-6-14(17)8-15(7-12)19-10-11-3-2-4-13(16)5-11/h2-8,18H,9-10H2,1H3. The third-order valence-electron chi connectivity index (χ3n) is 2.61. The first-order chi connectivity index (χ1) is 9.17. The molecular formula is C15H15F2NO. The van der Waals surface area contributed by atoms with Gasteiger partial charge in [-0.05, 0) is 42.4 Å². The van der Waals surface area contributed by atoms with Crippen molar-refractivity contribution >= 4 is 0 Å². The Kier molecular flexibility index (Phi) is 4.47. The lowest BCUT2D eigenvalue weighted by Crippen LogP contribution is -2.06. The maximum Gasteiger partial charge on any atom is 0.127 e. The highest BCUT2D eigenvalue weighted by Crippen LogP contribution is 2.18.